The van der Waals surface area contributed by atoms with Crippen molar-refractivity contribution in [2.75, 3.05) is 11.6 Å². The second-order valence-electron chi connectivity index (χ2n) is 2.66. The van der Waals surface area contributed by atoms with Gasteiger partial charge >= 0.3 is 0 Å². The highest BCUT2D eigenvalue weighted by Crippen LogP contribution is 2.28. The molecule has 1 unspecified atom stereocenters. The minimum absolute atomic E-state index is 0.645. The molecule has 0 aliphatic carbocycles. The van der Waals surface area contributed by atoms with Crippen molar-refractivity contribution in [3.8, 4) is 0 Å². The molecule has 2 rings (SSSR count). The van der Waals surface area contributed by atoms with Crippen LogP contribution >= 0.6 is 8.58 Å². The van der Waals surface area contributed by atoms with Crippen LogP contribution in [0.3, 0.4) is 0 Å². The number of anilines is 1. The molecule has 3 nitrogen and oxygen atoms in total. The third kappa shape index (κ3) is 1.32. The van der Waals surface area contributed by atoms with E-state index in [4.69, 9.17) is 0 Å². The molecule has 1 aliphatic rings. The Morgan fingerprint density at radius 2 is 2.58 bits per heavy atom. The van der Waals surface area contributed by atoms with Crippen LogP contribution in [-0.4, -0.2) is 17.6 Å². The Balaban J connectivity index is 2.42. The normalized spacial score (nSPS) is 16.7. The minimum Gasteiger partial charge on any atom is -0.380 e. The van der Waals surface area contributed by atoms with Gasteiger partial charge in [0.05, 0.1) is 11.4 Å². The average Bonchev–Trinajstić information content (AvgIpc) is 2.17. The summed E-state index contributed by atoms with van der Waals surface area (Å²) in [6.07, 6.45) is 4.51. The summed E-state index contributed by atoms with van der Waals surface area (Å²) in [5, 5.41) is 3.23. The lowest BCUT2D eigenvalue weighted by atomic mass is 10.2. The number of nitrogens with one attached hydrogen (secondary N) is 1. The van der Waals surface area contributed by atoms with Crippen molar-refractivity contribution in [2.45, 2.75) is 6.16 Å². The fraction of sp³-hybridized carbons (Fsp3) is 0.250. The van der Waals surface area contributed by atoms with E-state index in [1.807, 2.05) is 6.07 Å². The summed E-state index contributed by atoms with van der Waals surface area (Å²) in [4.78, 5) is 14.6. The summed E-state index contributed by atoms with van der Waals surface area (Å²) >= 11 is 0. The van der Waals surface area contributed by atoms with E-state index in [-0.39, 0.29) is 0 Å². The Morgan fingerprint density at radius 3 is 3.42 bits per heavy atom. The van der Waals surface area contributed by atoms with Crippen molar-refractivity contribution in [3.05, 3.63) is 23.5 Å². The van der Waals surface area contributed by atoms with Crippen LogP contribution in [0.4, 0.5) is 5.69 Å². The topological polar surface area (TPSA) is 42.0 Å². The molecule has 0 amide bonds. The summed E-state index contributed by atoms with van der Waals surface area (Å²) < 4.78 is 0. The van der Waals surface area contributed by atoms with E-state index >= 15 is 0 Å². The number of aldehydes is 1. The highest BCUT2D eigenvalue weighted by atomic mass is 31.1. The van der Waals surface area contributed by atoms with E-state index in [0.717, 1.165) is 38.7 Å². The Labute approximate surface area is 72.4 Å². The van der Waals surface area contributed by atoms with Gasteiger partial charge in [-0.3, -0.25) is 9.78 Å². The predicted octanol–water partition coefficient (Wildman–Crippen LogP) is 1.46. The molecule has 62 valence electrons. The summed E-state index contributed by atoms with van der Waals surface area (Å²) in [6, 6.07) is 1.86. The van der Waals surface area contributed by atoms with Crippen LogP contribution in [0.25, 0.3) is 0 Å². The maximum Gasteiger partial charge on any atom is 0.151 e. The molecule has 1 aromatic rings. The largest absolute Gasteiger partial charge is 0.380 e. The molecule has 4 heteroatoms. The van der Waals surface area contributed by atoms with Crippen LogP contribution in [0, 0.1) is 0 Å². The Kier molecular flexibility index (Phi) is 2.05. The van der Waals surface area contributed by atoms with E-state index in [1.165, 1.54) is 0 Å². The number of nitrogens with zero attached hydrogens (tertiary/aromatic N) is 1. The molecular formula is C8H9N2OP. The third-order valence-electron chi connectivity index (χ3n) is 1.82. The van der Waals surface area contributed by atoms with Crippen LogP contribution < -0.4 is 5.32 Å². The van der Waals surface area contributed by atoms with Crippen molar-refractivity contribution in [1.29, 1.82) is 0 Å². The van der Waals surface area contributed by atoms with Crippen LogP contribution in [0.5, 0.6) is 0 Å². The number of aromatic nitrogens is 1. The Morgan fingerprint density at radius 1 is 1.67 bits per heavy atom. The monoisotopic (exact) mass is 180 g/mol. The van der Waals surface area contributed by atoms with E-state index in [0.29, 0.717) is 5.56 Å². The van der Waals surface area contributed by atoms with Crippen LogP contribution in [0.2, 0.25) is 0 Å². The summed E-state index contributed by atoms with van der Waals surface area (Å²) in [7, 11) is 0.904. The number of hydrogen-bond donors (Lipinski definition) is 1. The van der Waals surface area contributed by atoms with Crippen molar-refractivity contribution in [3.63, 3.8) is 0 Å². The zero-order valence-electron chi connectivity index (χ0n) is 6.50. The van der Waals surface area contributed by atoms with Crippen molar-refractivity contribution in [1.82, 2.24) is 4.98 Å². The summed E-state index contributed by atoms with van der Waals surface area (Å²) in [5.41, 5.74) is 2.76. The molecule has 1 aromatic heterocycles. The zero-order chi connectivity index (χ0) is 8.39. The van der Waals surface area contributed by atoms with Gasteiger partial charge in [0.1, 0.15) is 0 Å². The summed E-state index contributed by atoms with van der Waals surface area (Å²) in [6.45, 7) is 0. The average molecular weight is 180 g/mol. The second-order valence-corrected chi connectivity index (χ2v) is 3.87. The standard InChI is InChI=1S/C8H9N2OP/c11-3-6-1-7-8(9-2-6)4-12-5-10-7/h1-3,10,12H,4-5H2. The first-order valence-corrected chi connectivity index (χ1v) is 5.20. The second kappa shape index (κ2) is 3.20. The van der Waals surface area contributed by atoms with E-state index in [1.54, 1.807) is 6.20 Å². The smallest absolute Gasteiger partial charge is 0.151 e. The van der Waals surface area contributed by atoms with Crippen LogP contribution in [-0.2, 0) is 6.16 Å². The molecule has 0 bridgehead atoms. The first kappa shape index (κ1) is 7.69. The lowest BCUT2D eigenvalue weighted by Gasteiger charge is -2.16. The third-order valence-corrected chi connectivity index (χ3v) is 2.84. The molecule has 2 heterocycles. The van der Waals surface area contributed by atoms with Gasteiger partial charge in [-0.1, -0.05) is 8.58 Å². The fourth-order valence-corrected chi connectivity index (χ4v) is 2.17. The van der Waals surface area contributed by atoms with Gasteiger partial charge in [0.15, 0.2) is 6.29 Å². The maximum atomic E-state index is 10.4. The molecular weight excluding hydrogens is 171 g/mol. The molecule has 1 N–H and O–H groups in total. The molecule has 0 saturated carbocycles. The first-order chi connectivity index (χ1) is 5.90. The number of carbonyl (C=O) groups is 1. The van der Waals surface area contributed by atoms with E-state index in [2.05, 4.69) is 10.3 Å². The molecule has 0 spiro atoms. The molecule has 0 radical (unpaired) electrons. The number of hydrogen-bond acceptors (Lipinski definition) is 3. The maximum absolute atomic E-state index is 10.4. The number of carbonyl (C=O) groups excluding carboxylic acids is 1. The van der Waals surface area contributed by atoms with Crippen molar-refractivity contribution >= 4 is 20.6 Å². The lowest BCUT2D eigenvalue weighted by Crippen LogP contribution is -2.07. The molecule has 12 heavy (non-hydrogen) atoms. The predicted molar refractivity (Wildman–Crippen MR) is 50.1 cm³/mol. The van der Waals surface area contributed by atoms with Crippen molar-refractivity contribution in [2.24, 2.45) is 0 Å². The van der Waals surface area contributed by atoms with Crippen molar-refractivity contribution < 1.29 is 4.79 Å². The molecule has 0 aromatic carbocycles. The highest BCUT2D eigenvalue weighted by Gasteiger charge is 2.09. The SMILES string of the molecule is O=Cc1cnc2c(c1)NCPC2. The van der Waals surface area contributed by atoms with Gasteiger partial charge in [0, 0.05) is 24.2 Å². The van der Waals surface area contributed by atoms with Crippen LogP contribution in [0.1, 0.15) is 16.1 Å². The fourth-order valence-electron chi connectivity index (χ4n) is 1.21. The zero-order valence-corrected chi connectivity index (χ0v) is 7.50. The van der Waals surface area contributed by atoms with Crippen LogP contribution in [0.15, 0.2) is 12.3 Å². The number of pyridine rings is 1. The quantitative estimate of drug-likeness (QED) is 0.525. The van der Waals surface area contributed by atoms with Gasteiger partial charge in [0.2, 0.25) is 0 Å². The van der Waals surface area contributed by atoms with Gasteiger partial charge in [-0.15, -0.1) is 0 Å². The van der Waals surface area contributed by atoms with E-state index in [9.17, 15) is 4.79 Å². The first-order valence-electron chi connectivity index (χ1n) is 3.79. The molecule has 1 aliphatic heterocycles. The highest BCUT2D eigenvalue weighted by molar-refractivity contribution is 7.37. The Hall–Kier alpha value is -0.950. The molecule has 1 atom stereocenters. The molecule has 0 fully saturated rings. The van der Waals surface area contributed by atoms with Gasteiger partial charge in [-0.2, -0.15) is 0 Å². The number of rotatable bonds is 1. The van der Waals surface area contributed by atoms with Gasteiger partial charge in [-0.05, 0) is 6.07 Å². The summed E-state index contributed by atoms with van der Waals surface area (Å²) in [5.74, 6) is 0. The lowest BCUT2D eigenvalue weighted by molar-refractivity contribution is 0.112. The van der Waals surface area contributed by atoms with Gasteiger partial charge in [0.25, 0.3) is 0 Å². The van der Waals surface area contributed by atoms with Gasteiger partial charge < -0.3 is 5.32 Å². The minimum atomic E-state index is 0.645. The van der Waals surface area contributed by atoms with Gasteiger partial charge in [-0.25, -0.2) is 0 Å². The number of fused-ring (bicyclic) bond motifs is 1. The molecule has 0 saturated heterocycles. The van der Waals surface area contributed by atoms with E-state index < -0.39 is 0 Å². The Bertz CT molecular complexity index is 314.